The van der Waals surface area contributed by atoms with Crippen LogP contribution in [-0.2, 0) is 18.4 Å². The van der Waals surface area contributed by atoms with Gasteiger partial charge >= 0.3 is 0 Å². The molecule has 0 aromatic carbocycles. The first-order chi connectivity index (χ1) is 6.70. The molecule has 1 rings (SSSR count). The molecule has 0 atom stereocenters. The number of carbonyl (C=O) groups excluding carboxylic acids is 1. The molecule has 0 spiro atoms. The molecule has 0 saturated carbocycles. The van der Waals surface area contributed by atoms with Gasteiger partial charge in [0.1, 0.15) is 5.82 Å². The van der Waals surface area contributed by atoms with E-state index in [0.717, 1.165) is 25.3 Å². The van der Waals surface area contributed by atoms with Crippen LogP contribution in [0.3, 0.4) is 0 Å². The second-order valence-electron chi connectivity index (χ2n) is 3.20. The van der Waals surface area contributed by atoms with Crippen LogP contribution in [0.5, 0.6) is 0 Å². The molecular weight excluding hydrogens is 180 g/mol. The first kappa shape index (κ1) is 10.7. The molecule has 78 valence electrons. The Morgan fingerprint density at radius 3 is 3.07 bits per heavy atom. The lowest BCUT2D eigenvalue weighted by atomic mass is 10.3. The largest absolute Gasteiger partial charge is 0.370 e. The molecule has 0 bridgehead atoms. The van der Waals surface area contributed by atoms with Gasteiger partial charge in [0.2, 0.25) is 5.91 Å². The number of nitrogens with zero attached hydrogens (tertiary/aromatic N) is 2. The zero-order valence-corrected chi connectivity index (χ0v) is 8.36. The Labute approximate surface area is 83.3 Å². The third kappa shape index (κ3) is 3.57. The number of amides is 1. The molecule has 0 radical (unpaired) electrons. The van der Waals surface area contributed by atoms with Gasteiger partial charge < -0.3 is 15.6 Å². The van der Waals surface area contributed by atoms with E-state index in [1.54, 1.807) is 6.20 Å². The third-order valence-electron chi connectivity index (χ3n) is 1.98. The average molecular weight is 196 g/mol. The summed E-state index contributed by atoms with van der Waals surface area (Å²) in [6, 6.07) is 0. The Hall–Kier alpha value is -1.36. The monoisotopic (exact) mass is 196 g/mol. The van der Waals surface area contributed by atoms with Crippen LogP contribution in [0, 0.1) is 0 Å². The van der Waals surface area contributed by atoms with E-state index < -0.39 is 0 Å². The first-order valence-electron chi connectivity index (χ1n) is 4.65. The predicted octanol–water partition coefficient (Wildman–Crippen LogP) is -0.225. The van der Waals surface area contributed by atoms with E-state index in [4.69, 9.17) is 5.73 Å². The molecule has 0 aliphatic rings. The van der Waals surface area contributed by atoms with E-state index in [1.807, 2.05) is 17.8 Å². The lowest BCUT2D eigenvalue weighted by Crippen LogP contribution is -2.19. The van der Waals surface area contributed by atoms with Crippen molar-refractivity contribution in [3.05, 3.63) is 18.2 Å². The normalized spacial score (nSPS) is 10.4. The summed E-state index contributed by atoms with van der Waals surface area (Å²) in [5, 5.41) is 3.19. The molecule has 5 nitrogen and oxygen atoms in total. The molecule has 5 heteroatoms. The van der Waals surface area contributed by atoms with E-state index in [2.05, 4.69) is 10.3 Å². The summed E-state index contributed by atoms with van der Waals surface area (Å²) >= 11 is 0. The zero-order chi connectivity index (χ0) is 10.4. The maximum Gasteiger partial charge on any atom is 0.217 e. The summed E-state index contributed by atoms with van der Waals surface area (Å²) in [4.78, 5) is 14.6. The number of hydrogen-bond donors (Lipinski definition) is 2. The fourth-order valence-corrected chi connectivity index (χ4v) is 1.15. The smallest absolute Gasteiger partial charge is 0.217 e. The van der Waals surface area contributed by atoms with Crippen LogP contribution in [0.15, 0.2) is 12.4 Å². The Bertz CT molecular complexity index is 295. The van der Waals surface area contributed by atoms with Crippen molar-refractivity contribution in [3.63, 3.8) is 0 Å². The van der Waals surface area contributed by atoms with Crippen molar-refractivity contribution < 1.29 is 4.79 Å². The number of nitrogens with two attached hydrogens (primary N) is 1. The Morgan fingerprint density at radius 2 is 2.50 bits per heavy atom. The van der Waals surface area contributed by atoms with E-state index in [9.17, 15) is 4.79 Å². The standard InChI is InChI=1S/C9H16N4O/c1-13-6-5-12-9(13)7-11-4-2-3-8(10)14/h5-6,11H,2-4,7H2,1H3,(H2,10,14). The minimum atomic E-state index is -0.246. The highest BCUT2D eigenvalue weighted by atomic mass is 16.1. The summed E-state index contributed by atoms with van der Waals surface area (Å²) < 4.78 is 1.96. The highest BCUT2D eigenvalue weighted by Gasteiger charge is 1.98. The number of primary amides is 1. The summed E-state index contributed by atoms with van der Waals surface area (Å²) in [6.45, 7) is 1.51. The zero-order valence-electron chi connectivity index (χ0n) is 8.36. The molecule has 0 saturated heterocycles. The molecular formula is C9H16N4O. The number of hydrogen-bond acceptors (Lipinski definition) is 3. The van der Waals surface area contributed by atoms with Crippen molar-refractivity contribution in [2.24, 2.45) is 12.8 Å². The number of imidazole rings is 1. The molecule has 0 unspecified atom stereocenters. The molecule has 3 N–H and O–H groups in total. The van der Waals surface area contributed by atoms with E-state index >= 15 is 0 Å². The third-order valence-corrected chi connectivity index (χ3v) is 1.98. The Kier molecular flexibility index (Phi) is 4.12. The summed E-state index contributed by atoms with van der Waals surface area (Å²) in [7, 11) is 1.95. The van der Waals surface area contributed by atoms with Crippen LogP contribution in [0.1, 0.15) is 18.7 Å². The fourth-order valence-electron chi connectivity index (χ4n) is 1.15. The van der Waals surface area contributed by atoms with Gasteiger partial charge in [-0.1, -0.05) is 0 Å². The van der Waals surface area contributed by atoms with Crippen LogP contribution in [0.4, 0.5) is 0 Å². The maximum atomic E-state index is 10.4. The lowest BCUT2D eigenvalue weighted by molar-refractivity contribution is -0.118. The molecule has 0 aliphatic heterocycles. The van der Waals surface area contributed by atoms with Gasteiger partial charge in [0.25, 0.3) is 0 Å². The molecule has 0 aliphatic carbocycles. The van der Waals surface area contributed by atoms with Crippen LogP contribution in [0.25, 0.3) is 0 Å². The minimum Gasteiger partial charge on any atom is -0.370 e. The van der Waals surface area contributed by atoms with Gasteiger partial charge in [-0.25, -0.2) is 4.98 Å². The topological polar surface area (TPSA) is 72.9 Å². The summed E-state index contributed by atoms with van der Waals surface area (Å²) in [5.41, 5.74) is 5.01. The predicted molar refractivity (Wildman–Crippen MR) is 53.3 cm³/mol. The van der Waals surface area contributed by atoms with Crippen molar-refractivity contribution in [1.82, 2.24) is 14.9 Å². The fraction of sp³-hybridized carbons (Fsp3) is 0.556. The summed E-state index contributed by atoms with van der Waals surface area (Å²) in [6.07, 6.45) is 4.88. The van der Waals surface area contributed by atoms with Crippen LogP contribution in [0.2, 0.25) is 0 Å². The number of aromatic nitrogens is 2. The SMILES string of the molecule is Cn1ccnc1CNCCCC(N)=O. The highest BCUT2D eigenvalue weighted by molar-refractivity contribution is 5.73. The van der Waals surface area contributed by atoms with Gasteiger partial charge in [-0.2, -0.15) is 0 Å². The van der Waals surface area contributed by atoms with E-state index in [0.29, 0.717) is 6.42 Å². The van der Waals surface area contributed by atoms with Crippen LogP contribution < -0.4 is 11.1 Å². The highest BCUT2D eigenvalue weighted by Crippen LogP contribution is 1.93. The first-order valence-corrected chi connectivity index (χ1v) is 4.65. The van der Waals surface area contributed by atoms with Gasteiger partial charge in [0.05, 0.1) is 6.54 Å². The number of carbonyl (C=O) groups is 1. The molecule has 1 aromatic heterocycles. The Morgan fingerprint density at radius 1 is 1.71 bits per heavy atom. The maximum absolute atomic E-state index is 10.4. The molecule has 1 heterocycles. The lowest BCUT2D eigenvalue weighted by Gasteiger charge is -2.03. The number of nitrogens with one attached hydrogen (secondary N) is 1. The van der Waals surface area contributed by atoms with E-state index in [1.165, 1.54) is 0 Å². The average Bonchev–Trinajstić information content (AvgIpc) is 2.51. The quantitative estimate of drug-likeness (QED) is 0.617. The molecule has 14 heavy (non-hydrogen) atoms. The molecule has 0 fully saturated rings. The summed E-state index contributed by atoms with van der Waals surface area (Å²) in [5.74, 6) is 0.743. The van der Waals surface area contributed by atoms with Gasteiger partial charge in [-0.05, 0) is 13.0 Å². The van der Waals surface area contributed by atoms with Crippen molar-refractivity contribution in [2.75, 3.05) is 6.54 Å². The van der Waals surface area contributed by atoms with Crippen molar-refractivity contribution >= 4 is 5.91 Å². The molecule has 1 aromatic rings. The second-order valence-corrected chi connectivity index (χ2v) is 3.20. The van der Waals surface area contributed by atoms with Gasteiger partial charge in [-0.3, -0.25) is 4.79 Å². The minimum absolute atomic E-state index is 0.246. The Balaban J connectivity index is 2.10. The molecule has 1 amide bonds. The van der Waals surface area contributed by atoms with Gasteiger partial charge in [-0.15, -0.1) is 0 Å². The van der Waals surface area contributed by atoms with E-state index in [-0.39, 0.29) is 5.91 Å². The number of rotatable bonds is 6. The second kappa shape index (κ2) is 5.39. The van der Waals surface area contributed by atoms with Crippen molar-refractivity contribution in [1.29, 1.82) is 0 Å². The van der Waals surface area contributed by atoms with Crippen LogP contribution >= 0.6 is 0 Å². The van der Waals surface area contributed by atoms with Crippen molar-refractivity contribution in [2.45, 2.75) is 19.4 Å². The van der Waals surface area contributed by atoms with Crippen molar-refractivity contribution in [3.8, 4) is 0 Å². The van der Waals surface area contributed by atoms with Crippen LogP contribution in [-0.4, -0.2) is 22.0 Å². The van der Waals surface area contributed by atoms with Gasteiger partial charge in [0.15, 0.2) is 0 Å². The van der Waals surface area contributed by atoms with Gasteiger partial charge in [0, 0.05) is 25.9 Å². The number of aryl methyl sites for hydroxylation is 1.